The van der Waals surface area contributed by atoms with Crippen molar-refractivity contribution in [2.75, 3.05) is 0 Å². The van der Waals surface area contributed by atoms with Gasteiger partial charge in [0.25, 0.3) is 0 Å². The van der Waals surface area contributed by atoms with Crippen LogP contribution in [0.3, 0.4) is 0 Å². The second-order valence-corrected chi connectivity index (χ2v) is 13.2. The van der Waals surface area contributed by atoms with Gasteiger partial charge in [-0.1, -0.05) is 30.3 Å². The van der Waals surface area contributed by atoms with Gasteiger partial charge in [-0.15, -0.1) is 0 Å². The predicted molar refractivity (Wildman–Crippen MR) is 158 cm³/mol. The molecule has 1 amide bonds. The van der Waals surface area contributed by atoms with Crippen molar-refractivity contribution >= 4 is 24.0 Å². The molecule has 1 heterocycles. The summed E-state index contributed by atoms with van der Waals surface area (Å²) in [5.41, 5.74) is -2.64. The maximum atomic E-state index is 13.5. The molecule has 1 N–H and O–H groups in total. The van der Waals surface area contributed by atoms with Gasteiger partial charge in [-0.3, -0.25) is 0 Å². The molecule has 1 aromatic carbocycles. The van der Waals surface area contributed by atoms with E-state index in [4.69, 9.17) is 18.9 Å². The number of carbonyl (C=O) groups is 4. The normalized spacial score (nSPS) is 12.6. The van der Waals surface area contributed by atoms with E-state index in [0.717, 1.165) is 0 Å². The standard InChI is InChI=1S/C32H44N2O9/c1-19-24(27(36)41-30(3,4)5)22(25(20(2)34(19)39)28(37)42-31(6,7)8)17-23(33-29(38)43-32(9,10)11)26(35)40-18-21-15-13-12-14-16-21/h12-16,23H,17-18H2,1-11H3,(H,33,38)/t23-/m0/s1. The second-order valence-electron chi connectivity index (χ2n) is 13.2. The largest absolute Gasteiger partial charge is 0.618 e. The smallest absolute Gasteiger partial charge is 0.408 e. The number of hydrogen-bond donors (Lipinski definition) is 1. The molecule has 0 unspecified atom stereocenters. The van der Waals surface area contributed by atoms with Crippen LogP contribution in [0.2, 0.25) is 0 Å². The van der Waals surface area contributed by atoms with Crippen LogP contribution in [0, 0.1) is 19.1 Å². The number of rotatable bonds is 8. The van der Waals surface area contributed by atoms with Crippen LogP contribution in [0.1, 0.15) is 106 Å². The first-order valence-electron chi connectivity index (χ1n) is 14.0. The molecule has 0 aliphatic carbocycles. The summed E-state index contributed by atoms with van der Waals surface area (Å²) in [6, 6.07) is 7.49. The molecule has 0 aliphatic rings. The molecular weight excluding hydrogens is 556 g/mol. The number of ether oxygens (including phenoxy) is 4. The Morgan fingerprint density at radius 1 is 0.767 bits per heavy atom. The van der Waals surface area contributed by atoms with Gasteiger partial charge in [-0.05, 0) is 73.4 Å². The molecule has 0 saturated carbocycles. The van der Waals surface area contributed by atoms with Crippen LogP contribution in [-0.4, -0.2) is 46.8 Å². The van der Waals surface area contributed by atoms with E-state index in [-0.39, 0.29) is 34.7 Å². The Bertz CT molecular complexity index is 1290. The molecule has 0 radical (unpaired) electrons. The summed E-state index contributed by atoms with van der Waals surface area (Å²) in [4.78, 5) is 53.4. The second kappa shape index (κ2) is 13.4. The zero-order valence-corrected chi connectivity index (χ0v) is 27.0. The molecule has 0 bridgehead atoms. The summed E-state index contributed by atoms with van der Waals surface area (Å²) in [6.45, 7) is 17.6. The molecule has 11 heteroatoms. The molecule has 236 valence electrons. The molecule has 0 saturated heterocycles. The Labute approximate surface area is 253 Å². The lowest BCUT2D eigenvalue weighted by atomic mass is 9.92. The molecular formula is C32H44N2O9. The van der Waals surface area contributed by atoms with Crippen LogP contribution in [-0.2, 0) is 36.8 Å². The monoisotopic (exact) mass is 600 g/mol. The zero-order valence-electron chi connectivity index (χ0n) is 27.0. The zero-order chi connectivity index (χ0) is 32.9. The van der Waals surface area contributed by atoms with E-state index in [9.17, 15) is 24.4 Å². The van der Waals surface area contributed by atoms with Gasteiger partial charge in [0.2, 0.25) is 11.4 Å². The summed E-state index contributed by atoms with van der Waals surface area (Å²) >= 11 is 0. The van der Waals surface area contributed by atoms with Crippen molar-refractivity contribution < 1.29 is 42.9 Å². The van der Waals surface area contributed by atoms with Crippen LogP contribution >= 0.6 is 0 Å². The summed E-state index contributed by atoms with van der Waals surface area (Å²) in [6.07, 6.45) is -1.34. The number of amides is 1. The number of benzene rings is 1. The molecule has 43 heavy (non-hydrogen) atoms. The first-order chi connectivity index (χ1) is 19.6. The molecule has 2 rings (SSSR count). The van der Waals surface area contributed by atoms with Crippen molar-refractivity contribution in [1.29, 1.82) is 0 Å². The molecule has 1 atom stereocenters. The van der Waals surface area contributed by atoms with E-state index in [1.54, 1.807) is 86.6 Å². The van der Waals surface area contributed by atoms with Crippen LogP contribution in [0.5, 0.6) is 0 Å². The van der Waals surface area contributed by atoms with Crippen molar-refractivity contribution in [3.05, 3.63) is 69.2 Å². The fourth-order valence-corrected chi connectivity index (χ4v) is 4.10. The van der Waals surface area contributed by atoms with Gasteiger partial charge in [-0.25, -0.2) is 19.2 Å². The highest BCUT2D eigenvalue weighted by Crippen LogP contribution is 2.27. The third-order valence-corrected chi connectivity index (χ3v) is 5.75. The van der Waals surface area contributed by atoms with Gasteiger partial charge in [0.15, 0.2) is 0 Å². The summed E-state index contributed by atoms with van der Waals surface area (Å²) in [5.74, 6) is -2.62. The van der Waals surface area contributed by atoms with Crippen molar-refractivity contribution in [3.8, 4) is 0 Å². The van der Waals surface area contributed by atoms with Gasteiger partial charge in [0, 0.05) is 20.3 Å². The quantitative estimate of drug-likeness (QED) is 0.191. The molecule has 2 aromatic rings. The van der Waals surface area contributed by atoms with Crippen molar-refractivity contribution in [2.24, 2.45) is 0 Å². The summed E-state index contributed by atoms with van der Waals surface area (Å²) in [5, 5.41) is 15.8. The maximum Gasteiger partial charge on any atom is 0.408 e. The molecule has 0 fully saturated rings. The highest BCUT2D eigenvalue weighted by atomic mass is 16.6. The van der Waals surface area contributed by atoms with E-state index in [2.05, 4.69) is 5.32 Å². The van der Waals surface area contributed by atoms with E-state index in [0.29, 0.717) is 10.3 Å². The number of nitrogens with one attached hydrogen (secondary N) is 1. The van der Waals surface area contributed by atoms with Gasteiger partial charge < -0.3 is 29.5 Å². The lowest BCUT2D eigenvalue weighted by Gasteiger charge is -2.26. The predicted octanol–water partition coefficient (Wildman–Crippen LogP) is 5.03. The fourth-order valence-electron chi connectivity index (χ4n) is 4.10. The maximum absolute atomic E-state index is 13.5. The van der Waals surface area contributed by atoms with Gasteiger partial charge in [-0.2, -0.15) is 4.73 Å². The fraction of sp³-hybridized carbons (Fsp3) is 0.531. The SMILES string of the molecule is Cc1c(C(=O)OC(C)(C)C)c(C[C@H](NC(=O)OC(C)(C)C)C(=O)OCc2ccccc2)c(C(=O)OC(C)(C)C)c(C)[n+]1[O-]. The topological polar surface area (TPSA) is 144 Å². The van der Waals surface area contributed by atoms with Crippen LogP contribution in [0.15, 0.2) is 30.3 Å². The van der Waals surface area contributed by atoms with E-state index < -0.39 is 53.3 Å². The van der Waals surface area contributed by atoms with Gasteiger partial charge >= 0.3 is 24.0 Å². The Kier molecular flexibility index (Phi) is 11.0. The lowest BCUT2D eigenvalue weighted by Crippen LogP contribution is -2.47. The van der Waals surface area contributed by atoms with E-state index >= 15 is 0 Å². The number of hydrogen-bond acceptors (Lipinski definition) is 9. The number of aromatic nitrogens is 1. The van der Waals surface area contributed by atoms with Crippen molar-refractivity contribution in [3.63, 3.8) is 0 Å². The Hall–Kier alpha value is -4.15. The van der Waals surface area contributed by atoms with E-state index in [1.807, 2.05) is 6.07 Å². The average Bonchev–Trinajstić information content (AvgIpc) is 2.82. The third-order valence-electron chi connectivity index (χ3n) is 5.75. The summed E-state index contributed by atoms with van der Waals surface area (Å²) < 4.78 is 22.6. The first-order valence-corrected chi connectivity index (χ1v) is 14.0. The van der Waals surface area contributed by atoms with Crippen LogP contribution < -0.4 is 10.0 Å². The highest BCUT2D eigenvalue weighted by molar-refractivity contribution is 5.99. The average molecular weight is 601 g/mol. The lowest BCUT2D eigenvalue weighted by molar-refractivity contribution is -0.619. The minimum atomic E-state index is -1.43. The van der Waals surface area contributed by atoms with Crippen LogP contribution in [0.4, 0.5) is 4.79 Å². The first kappa shape index (κ1) is 35.0. The molecule has 0 aliphatic heterocycles. The van der Waals surface area contributed by atoms with Gasteiger partial charge in [0.1, 0.15) is 40.6 Å². The number of nitrogens with zero attached hydrogens (tertiary/aromatic N) is 1. The van der Waals surface area contributed by atoms with Crippen molar-refractivity contribution in [2.45, 2.75) is 112 Å². The third kappa shape index (κ3) is 10.6. The Morgan fingerprint density at radius 3 is 1.63 bits per heavy atom. The highest BCUT2D eigenvalue weighted by Gasteiger charge is 2.38. The minimum absolute atomic E-state index is 0.0108. The number of alkyl carbamates (subject to hydrolysis) is 1. The number of esters is 3. The summed E-state index contributed by atoms with van der Waals surface area (Å²) in [7, 11) is 0. The van der Waals surface area contributed by atoms with E-state index in [1.165, 1.54) is 13.8 Å². The van der Waals surface area contributed by atoms with Crippen LogP contribution in [0.25, 0.3) is 0 Å². The van der Waals surface area contributed by atoms with Gasteiger partial charge in [0.05, 0.1) is 0 Å². The Balaban J connectivity index is 2.74. The molecule has 1 aromatic heterocycles. The minimum Gasteiger partial charge on any atom is -0.618 e. The Morgan fingerprint density at radius 2 is 1.21 bits per heavy atom. The molecule has 11 nitrogen and oxygen atoms in total. The molecule has 0 spiro atoms. The number of pyridine rings is 1. The number of carbonyl (C=O) groups excluding carboxylic acids is 4. The van der Waals surface area contributed by atoms with Crippen molar-refractivity contribution in [1.82, 2.24) is 5.32 Å².